The van der Waals surface area contributed by atoms with Crippen LogP contribution in [-0.4, -0.2) is 24.5 Å². The molecule has 1 aromatic rings. The first-order chi connectivity index (χ1) is 9.87. The lowest BCUT2D eigenvalue weighted by Crippen LogP contribution is -2.35. The van der Waals surface area contributed by atoms with Crippen LogP contribution in [0.5, 0.6) is 0 Å². The van der Waals surface area contributed by atoms with E-state index in [1.807, 2.05) is 11.8 Å². The largest absolute Gasteiger partial charge is 0.381 e. The molecule has 0 aliphatic heterocycles. The van der Waals surface area contributed by atoms with Gasteiger partial charge >= 0.3 is 0 Å². The molecule has 0 bridgehead atoms. The van der Waals surface area contributed by atoms with Crippen molar-refractivity contribution in [2.24, 2.45) is 5.92 Å². The summed E-state index contributed by atoms with van der Waals surface area (Å²) in [5.41, 5.74) is 1.50. The number of thioether (sulfide) groups is 1. The Hall–Kier alpha value is -0.510. The van der Waals surface area contributed by atoms with E-state index in [2.05, 4.69) is 64.2 Å². The third kappa shape index (κ3) is 9.94. The molecule has 1 N–H and O–H groups in total. The van der Waals surface area contributed by atoms with E-state index in [9.17, 15) is 0 Å². The standard InChI is InChI=1S/C18H31NOS/c1-15(2)10-11-20-12-13-21-17-8-6-16(7-9-17)14-19-18(3,4)5/h6-9,15,19H,10-14H2,1-5H3. The predicted octanol–water partition coefficient (Wildman–Crippen LogP) is 4.73. The molecule has 0 radical (unpaired) electrons. The number of ether oxygens (including phenoxy) is 1. The Bertz CT molecular complexity index is 381. The van der Waals surface area contributed by atoms with E-state index in [0.29, 0.717) is 0 Å². The molecule has 1 rings (SSSR count). The van der Waals surface area contributed by atoms with Crippen molar-refractivity contribution in [2.45, 2.75) is 58.0 Å². The molecule has 0 spiro atoms. The smallest absolute Gasteiger partial charge is 0.0560 e. The Balaban J connectivity index is 2.19. The highest BCUT2D eigenvalue weighted by Gasteiger charge is 2.08. The van der Waals surface area contributed by atoms with Crippen molar-refractivity contribution >= 4 is 11.8 Å². The van der Waals surface area contributed by atoms with Crippen LogP contribution in [0.15, 0.2) is 29.2 Å². The summed E-state index contributed by atoms with van der Waals surface area (Å²) in [6.45, 7) is 13.7. The van der Waals surface area contributed by atoms with Gasteiger partial charge in [-0.2, -0.15) is 0 Å². The van der Waals surface area contributed by atoms with E-state index in [0.717, 1.165) is 37.9 Å². The number of hydrogen-bond acceptors (Lipinski definition) is 3. The van der Waals surface area contributed by atoms with E-state index in [4.69, 9.17) is 4.74 Å². The summed E-state index contributed by atoms with van der Waals surface area (Å²) < 4.78 is 5.64. The normalized spacial score (nSPS) is 12.1. The van der Waals surface area contributed by atoms with Crippen molar-refractivity contribution in [1.29, 1.82) is 0 Å². The number of rotatable bonds is 9. The maximum atomic E-state index is 5.64. The van der Waals surface area contributed by atoms with E-state index < -0.39 is 0 Å². The van der Waals surface area contributed by atoms with E-state index in [1.54, 1.807) is 0 Å². The third-order valence-electron chi connectivity index (χ3n) is 3.08. The topological polar surface area (TPSA) is 21.3 Å². The molecule has 1 aromatic carbocycles. The Morgan fingerprint density at radius 2 is 1.76 bits per heavy atom. The van der Waals surface area contributed by atoms with E-state index in [1.165, 1.54) is 10.5 Å². The van der Waals surface area contributed by atoms with Gasteiger partial charge in [-0.25, -0.2) is 0 Å². The van der Waals surface area contributed by atoms with Crippen molar-refractivity contribution in [2.75, 3.05) is 19.0 Å². The quantitative estimate of drug-likeness (QED) is 0.526. The third-order valence-corrected chi connectivity index (χ3v) is 4.06. The first kappa shape index (κ1) is 18.5. The summed E-state index contributed by atoms with van der Waals surface area (Å²) in [6.07, 6.45) is 1.15. The molecule has 0 heterocycles. The molecule has 0 saturated heterocycles. The van der Waals surface area contributed by atoms with Crippen LogP contribution in [-0.2, 0) is 11.3 Å². The molecule has 3 heteroatoms. The fourth-order valence-electron chi connectivity index (χ4n) is 1.71. The van der Waals surface area contributed by atoms with Gasteiger partial charge in [0.05, 0.1) is 6.61 Å². The van der Waals surface area contributed by atoms with Crippen molar-refractivity contribution in [1.82, 2.24) is 5.32 Å². The molecule has 2 nitrogen and oxygen atoms in total. The van der Waals surface area contributed by atoms with Gasteiger partial charge in [-0.3, -0.25) is 0 Å². The van der Waals surface area contributed by atoms with Gasteiger partial charge in [0.1, 0.15) is 0 Å². The first-order valence-electron chi connectivity index (χ1n) is 7.91. The van der Waals surface area contributed by atoms with Crippen LogP contribution >= 0.6 is 11.8 Å². The zero-order valence-corrected chi connectivity index (χ0v) is 15.1. The van der Waals surface area contributed by atoms with Crippen molar-refractivity contribution in [3.05, 3.63) is 29.8 Å². The fourth-order valence-corrected chi connectivity index (χ4v) is 2.48. The summed E-state index contributed by atoms with van der Waals surface area (Å²) in [6, 6.07) is 8.83. The predicted molar refractivity (Wildman–Crippen MR) is 94.0 cm³/mol. The molecule has 0 amide bonds. The minimum absolute atomic E-state index is 0.167. The average Bonchev–Trinajstić information content (AvgIpc) is 2.40. The van der Waals surface area contributed by atoms with Gasteiger partial charge < -0.3 is 10.1 Å². The Kier molecular flexibility index (Phi) is 8.38. The molecule has 0 atom stereocenters. The number of benzene rings is 1. The van der Waals surface area contributed by atoms with Crippen LogP contribution in [0.2, 0.25) is 0 Å². The van der Waals surface area contributed by atoms with Crippen LogP contribution in [0, 0.1) is 5.92 Å². The summed E-state index contributed by atoms with van der Waals surface area (Å²) in [7, 11) is 0. The van der Waals surface area contributed by atoms with E-state index in [-0.39, 0.29) is 5.54 Å². The van der Waals surface area contributed by atoms with Crippen molar-refractivity contribution in [3.8, 4) is 0 Å². The lowest BCUT2D eigenvalue weighted by atomic mass is 10.1. The van der Waals surface area contributed by atoms with Gasteiger partial charge in [-0.15, -0.1) is 11.8 Å². The highest BCUT2D eigenvalue weighted by atomic mass is 32.2. The Labute approximate surface area is 135 Å². The van der Waals surface area contributed by atoms with Crippen LogP contribution in [0.3, 0.4) is 0 Å². The highest BCUT2D eigenvalue weighted by Crippen LogP contribution is 2.18. The van der Waals surface area contributed by atoms with Gasteiger partial charge in [-0.1, -0.05) is 26.0 Å². The van der Waals surface area contributed by atoms with Gasteiger partial charge in [0.25, 0.3) is 0 Å². The average molecular weight is 310 g/mol. The zero-order chi connectivity index (χ0) is 15.7. The maximum Gasteiger partial charge on any atom is 0.0560 e. The summed E-state index contributed by atoms with van der Waals surface area (Å²) in [5, 5.41) is 3.51. The molecule has 0 aliphatic carbocycles. The Morgan fingerprint density at radius 3 is 2.33 bits per heavy atom. The van der Waals surface area contributed by atoms with Crippen LogP contribution in [0.4, 0.5) is 0 Å². The lowest BCUT2D eigenvalue weighted by Gasteiger charge is -2.20. The molecule has 21 heavy (non-hydrogen) atoms. The number of nitrogens with one attached hydrogen (secondary N) is 1. The SMILES string of the molecule is CC(C)CCOCCSc1ccc(CNC(C)(C)C)cc1. The number of hydrogen-bond donors (Lipinski definition) is 1. The molecule has 0 aromatic heterocycles. The molecular weight excluding hydrogens is 278 g/mol. The van der Waals surface area contributed by atoms with Gasteiger partial charge in [0, 0.05) is 29.3 Å². The van der Waals surface area contributed by atoms with Crippen LogP contribution in [0.25, 0.3) is 0 Å². The molecule has 0 unspecified atom stereocenters. The van der Waals surface area contributed by atoms with Crippen LogP contribution < -0.4 is 5.32 Å². The summed E-state index contributed by atoms with van der Waals surface area (Å²) in [5.74, 6) is 1.75. The van der Waals surface area contributed by atoms with Gasteiger partial charge in [0.15, 0.2) is 0 Å². The molecule has 0 saturated carbocycles. The molecule has 0 fully saturated rings. The second-order valence-corrected chi connectivity index (χ2v) is 8.06. The van der Waals surface area contributed by atoms with Crippen molar-refractivity contribution in [3.63, 3.8) is 0 Å². The molecule has 120 valence electrons. The van der Waals surface area contributed by atoms with Crippen LogP contribution in [0.1, 0.15) is 46.6 Å². The Morgan fingerprint density at radius 1 is 1.10 bits per heavy atom. The second-order valence-electron chi connectivity index (χ2n) is 6.89. The lowest BCUT2D eigenvalue weighted by molar-refractivity contribution is 0.138. The zero-order valence-electron chi connectivity index (χ0n) is 14.2. The minimum atomic E-state index is 0.167. The summed E-state index contributed by atoms with van der Waals surface area (Å²) in [4.78, 5) is 1.32. The molecule has 0 aliphatic rings. The second kappa shape index (κ2) is 9.50. The molecular formula is C18H31NOS. The van der Waals surface area contributed by atoms with Gasteiger partial charge in [0.2, 0.25) is 0 Å². The van der Waals surface area contributed by atoms with Crippen molar-refractivity contribution < 1.29 is 4.74 Å². The van der Waals surface area contributed by atoms with Gasteiger partial charge in [-0.05, 0) is 50.8 Å². The summed E-state index contributed by atoms with van der Waals surface area (Å²) >= 11 is 1.87. The van der Waals surface area contributed by atoms with E-state index >= 15 is 0 Å². The maximum absolute atomic E-state index is 5.64. The minimum Gasteiger partial charge on any atom is -0.381 e. The monoisotopic (exact) mass is 309 g/mol. The highest BCUT2D eigenvalue weighted by molar-refractivity contribution is 7.99. The first-order valence-corrected chi connectivity index (χ1v) is 8.90. The fraction of sp³-hybridized carbons (Fsp3) is 0.667.